The third-order valence-electron chi connectivity index (χ3n) is 2.17. The third-order valence-corrected chi connectivity index (χ3v) is 2.17. The molecule has 0 aliphatic heterocycles. The largest absolute Gasteiger partial charge is 0.203 e. The normalized spacial score (nSPS) is 12.6. The molecule has 0 heterocycles. The quantitative estimate of drug-likeness (QED) is 0.423. The summed E-state index contributed by atoms with van der Waals surface area (Å²) >= 11 is 0. The van der Waals surface area contributed by atoms with Gasteiger partial charge in [-0.1, -0.05) is 44.6 Å². The van der Waals surface area contributed by atoms with Crippen LogP contribution in [0, 0.1) is 5.92 Å². The van der Waals surface area contributed by atoms with Crippen LogP contribution in [-0.2, 0) is 0 Å². The molecule has 0 aliphatic rings. The molecule has 0 spiro atoms. The van der Waals surface area contributed by atoms with Crippen molar-refractivity contribution in [1.82, 2.24) is 0 Å². The van der Waals surface area contributed by atoms with Gasteiger partial charge in [0.25, 0.3) is 0 Å². The second-order valence-corrected chi connectivity index (χ2v) is 3.67. The van der Waals surface area contributed by atoms with Crippen molar-refractivity contribution in [1.29, 1.82) is 0 Å². The molecule has 0 radical (unpaired) electrons. The summed E-state index contributed by atoms with van der Waals surface area (Å²) in [6.07, 6.45) is 9.09. The number of hydrogen-bond donors (Lipinski definition) is 0. The summed E-state index contributed by atoms with van der Waals surface area (Å²) < 4.78 is 13.1. The standard InChI is InChI=1S/C13H21F/c1-4-6-7-9-13(14)11-10-12(3)8-5-2/h4,6-7,12H,5,8,10-11H2,1-3H3/b6-4-. The molecule has 0 amide bonds. The van der Waals surface area contributed by atoms with E-state index in [-0.39, 0.29) is 5.83 Å². The van der Waals surface area contributed by atoms with Crippen LogP contribution < -0.4 is 0 Å². The van der Waals surface area contributed by atoms with E-state index in [1.54, 1.807) is 12.2 Å². The van der Waals surface area contributed by atoms with E-state index in [1.807, 2.05) is 13.0 Å². The summed E-state index contributed by atoms with van der Waals surface area (Å²) in [5.41, 5.74) is 2.62. The topological polar surface area (TPSA) is 0 Å². The van der Waals surface area contributed by atoms with Crippen LogP contribution in [-0.4, -0.2) is 0 Å². The van der Waals surface area contributed by atoms with Gasteiger partial charge in [-0.3, -0.25) is 0 Å². The molecule has 0 aromatic rings. The highest BCUT2D eigenvalue weighted by molar-refractivity contribution is 5.03. The minimum Gasteiger partial charge on any atom is -0.203 e. The maximum atomic E-state index is 13.1. The molecule has 0 rings (SSSR count). The Morgan fingerprint density at radius 1 is 1.43 bits per heavy atom. The fourth-order valence-electron chi connectivity index (χ4n) is 1.32. The van der Waals surface area contributed by atoms with E-state index in [0.717, 1.165) is 6.42 Å². The second kappa shape index (κ2) is 8.77. The zero-order chi connectivity index (χ0) is 10.8. The van der Waals surface area contributed by atoms with Crippen molar-refractivity contribution in [2.24, 2.45) is 5.92 Å². The van der Waals surface area contributed by atoms with Crippen molar-refractivity contribution in [3.05, 3.63) is 29.8 Å². The summed E-state index contributed by atoms with van der Waals surface area (Å²) in [5, 5.41) is 0. The van der Waals surface area contributed by atoms with Crippen molar-refractivity contribution in [2.45, 2.75) is 46.5 Å². The Bertz CT molecular complexity index is 219. The van der Waals surface area contributed by atoms with Gasteiger partial charge in [0, 0.05) is 6.42 Å². The van der Waals surface area contributed by atoms with Crippen LogP contribution in [0.5, 0.6) is 0 Å². The van der Waals surface area contributed by atoms with E-state index in [0.29, 0.717) is 12.3 Å². The Morgan fingerprint density at radius 3 is 2.71 bits per heavy atom. The highest BCUT2D eigenvalue weighted by Crippen LogP contribution is 2.16. The van der Waals surface area contributed by atoms with E-state index in [2.05, 4.69) is 19.6 Å². The zero-order valence-corrected chi connectivity index (χ0v) is 9.52. The summed E-state index contributed by atoms with van der Waals surface area (Å²) in [6.45, 7) is 6.24. The molecule has 0 aromatic heterocycles. The molecule has 0 aromatic carbocycles. The highest BCUT2D eigenvalue weighted by atomic mass is 19.1. The van der Waals surface area contributed by atoms with Crippen LogP contribution in [0.1, 0.15) is 46.5 Å². The smallest absolute Gasteiger partial charge is 0.142 e. The molecule has 1 unspecified atom stereocenters. The monoisotopic (exact) mass is 196 g/mol. The fourth-order valence-corrected chi connectivity index (χ4v) is 1.32. The summed E-state index contributed by atoms with van der Waals surface area (Å²) in [6, 6.07) is 0. The van der Waals surface area contributed by atoms with Gasteiger partial charge in [0.1, 0.15) is 5.83 Å². The van der Waals surface area contributed by atoms with E-state index in [9.17, 15) is 4.39 Å². The first-order chi connectivity index (χ1) is 6.70. The molecule has 0 nitrogen and oxygen atoms in total. The Hall–Kier alpha value is -0.810. The van der Waals surface area contributed by atoms with Gasteiger partial charge in [0.15, 0.2) is 0 Å². The molecule has 1 atom stereocenters. The van der Waals surface area contributed by atoms with Crippen molar-refractivity contribution in [3.8, 4) is 0 Å². The van der Waals surface area contributed by atoms with E-state index in [1.165, 1.54) is 12.8 Å². The maximum absolute atomic E-state index is 13.1. The lowest BCUT2D eigenvalue weighted by Crippen LogP contribution is -1.93. The summed E-state index contributed by atoms with van der Waals surface area (Å²) in [4.78, 5) is 0. The van der Waals surface area contributed by atoms with Crippen molar-refractivity contribution >= 4 is 0 Å². The molecule has 0 fully saturated rings. The molecule has 0 saturated heterocycles. The van der Waals surface area contributed by atoms with Crippen LogP contribution >= 0.6 is 0 Å². The van der Waals surface area contributed by atoms with Crippen molar-refractivity contribution in [2.75, 3.05) is 0 Å². The Labute approximate surface area is 87.2 Å². The van der Waals surface area contributed by atoms with Gasteiger partial charge in [-0.2, -0.15) is 0 Å². The molecular weight excluding hydrogens is 175 g/mol. The van der Waals surface area contributed by atoms with E-state index < -0.39 is 0 Å². The van der Waals surface area contributed by atoms with E-state index in [4.69, 9.17) is 0 Å². The van der Waals surface area contributed by atoms with Gasteiger partial charge < -0.3 is 0 Å². The van der Waals surface area contributed by atoms with Crippen LogP contribution in [0.3, 0.4) is 0 Å². The average molecular weight is 196 g/mol. The van der Waals surface area contributed by atoms with Crippen LogP contribution in [0.15, 0.2) is 29.8 Å². The first-order valence-electron chi connectivity index (χ1n) is 5.43. The van der Waals surface area contributed by atoms with E-state index >= 15 is 0 Å². The SMILES string of the molecule is C/C=C\C=C=C(F)CCC(C)CCC. The molecule has 0 N–H and O–H groups in total. The van der Waals surface area contributed by atoms with Gasteiger partial charge in [0.05, 0.1) is 0 Å². The third kappa shape index (κ3) is 7.82. The number of allylic oxidation sites excluding steroid dienone is 3. The molecule has 0 saturated carbocycles. The predicted octanol–water partition coefficient (Wildman–Crippen LogP) is 4.79. The van der Waals surface area contributed by atoms with Gasteiger partial charge in [-0.25, -0.2) is 4.39 Å². The molecule has 1 heteroatoms. The molecular formula is C13H21F. The first-order valence-corrected chi connectivity index (χ1v) is 5.43. The van der Waals surface area contributed by atoms with Gasteiger partial charge in [-0.15, -0.1) is 0 Å². The van der Waals surface area contributed by atoms with Gasteiger partial charge in [0.2, 0.25) is 0 Å². The number of rotatable bonds is 6. The second-order valence-electron chi connectivity index (χ2n) is 3.67. The minimum atomic E-state index is -0.133. The number of hydrogen-bond acceptors (Lipinski definition) is 0. The van der Waals surface area contributed by atoms with Gasteiger partial charge >= 0.3 is 0 Å². The summed E-state index contributed by atoms with van der Waals surface area (Å²) in [7, 11) is 0. The van der Waals surface area contributed by atoms with Crippen molar-refractivity contribution < 1.29 is 4.39 Å². The fraction of sp³-hybridized carbons (Fsp3) is 0.615. The van der Waals surface area contributed by atoms with Crippen LogP contribution in [0.2, 0.25) is 0 Å². The Kier molecular flexibility index (Phi) is 8.27. The van der Waals surface area contributed by atoms with Crippen LogP contribution in [0.4, 0.5) is 4.39 Å². The van der Waals surface area contributed by atoms with Crippen LogP contribution in [0.25, 0.3) is 0 Å². The minimum absolute atomic E-state index is 0.133. The maximum Gasteiger partial charge on any atom is 0.142 e. The molecule has 0 aliphatic carbocycles. The molecule has 80 valence electrons. The Balaban J connectivity index is 3.83. The summed E-state index contributed by atoms with van der Waals surface area (Å²) in [5.74, 6) is 0.486. The lowest BCUT2D eigenvalue weighted by molar-refractivity contribution is 0.456. The lowest BCUT2D eigenvalue weighted by atomic mass is 10.0. The Morgan fingerprint density at radius 2 is 2.14 bits per heavy atom. The highest BCUT2D eigenvalue weighted by Gasteiger charge is 2.01. The predicted molar refractivity (Wildman–Crippen MR) is 60.8 cm³/mol. The molecule has 0 bridgehead atoms. The lowest BCUT2D eigenvalue weighted by Gasteiger charge is -2.06. The zero-order valence-electron chi connectivity index (χ0n) is 9.52. The number of halogens is 1. The molecule has 14 heavy (non-hydrogen) atoms. The average Bonchev–Trinajstić information content (AvgIpc) is 2.16. The van der Waals surface area contributed by atoms with Gasteiger partial charge in [-0.05, 0) is 25.3 Å². The van der Waals surface area contributed by atoms with Crippen molar-refractivity contribution in [3.63, 3.8) is 0 Å². The first kappa shape index (κ1) is 13.2.